The van der Waals surface area contributed by atoms with Crippen LogP contribution >= 0.6 is 11.6 Å². The van der Waals surface area contributed by atoms with Crippen molar-refractivity contribution in [3.8, 4) is 0 Å². The first-order valence-corrected chi connectivity index (χ1v) is 10.3. The van der Waals surface area contributed by atoms with E-state index < -0.39 is 8.32 Å². The predicted octanol–water partition coefficient (Wildman–Crippen LogP) is 4.93. The van der Waals surface area contributed by atoms with Gasteiger partial charge in [0.2, 0.25) is 0 Å². The minimum atomic E-state index is -1.73. The third kappa shape index (κ3) is 4.62. The minimum Gasteiger partial charge on any atom is -0.411 e. The van der Waals surface area contributed by atoms with Gasteiger partial charge in [-0.15, -0.1) is 0 Å². The van der Waals surface area contributed by atoms with Crippen molar-refractivity contribution >= 4 is 19.9 Å². The Bertz CT molecular complexity index is 410. The molecule has 5 heteroatoms. The van der Waals surface area contributed by atoms with Crippen LogP contribution in [0.25, 0.3) is 0 Å². The van der Waals surface area contributed by atoms with Crippen LogP contribution in [-0.2, 0) is 17.5 Å². The maximum atomic E-state index is 6.16. The van der Waals surface area contributed by atoms with E-state index in [0.717, 1.165) is 30.8 Å². The zero-order valence-corrected chi connectivity index (χ0v) is 14.8. The van der Waals surface area contributed by atoms with Gasteiger partial charge in [0.05, 0.1) is 12.3 Å². The summed E-state index contributed by atoms with van der Waals surface area (Å²) in [6.07, 6.45) is 3.25. The first-order chi connectivity index (χ1) is 8.67. The van der Waals surface area contributed by atoms with Crippen molar-refractivity contribution in [3.05, 3.63) is 16.7 Å². The molecule has 0 aliphatic carbocycles. The molecule has 0 bridgehead atoms. The molecule has 0 saturated carbocycles. The fourth-order valence-corrected chi connectivity index (χ4v) is 2.61. The highest BCUT2D eigenvalue weighted by Crippen LogP contribution is 2.37. The van der Waals surface area contributed by atoms with Gasteiger partial charge in [-0.25, -0.2) is 4.98 Å². The average molecular weight is 303 g/mol. The van der Waals surface area contributed by atoms with Crippen molar-refractivity contribution < 1.29 is 4.43 Å². The predicted molar refractivity (Wildman–Crippen MR) is 84.2 cm³/mol. The molecule has 0 fully saturated rings. The quantitative estimate of drug-likeness (QED) is 0.757. The topological polar surface area (TPSA) is 37.9 Å². The molecule has 1 rings (SSSR count). The Morgan fingerprint density at radius 1 is 1.32 bits per heavy atom. The lowest BCUT2D eigenvalue weighted by Gasteiger charge is -2.36. The van der Waals surface area contributed by atoms with E-state index in [2.05, 4.69) is 50.8 Å². The standard InChI is InChI=1S/C14H27ClN2OSi/c1-7-8-9-12-16-11(13(15)17-12)10-18-19(5,6)14(2,3)4/h7-10H2,1-6H3,(H,16,17). The summed E-state index contributed by atoms with van der Waals surface area (Å²) < 4.78 is 6.16. The Labute approximate surface area is 123 Å². The van der Waals surface area contributed by atoms with E-state index in [0.29, 0.717) is 11.8 Å². The first-order valence-electron chi connectivity index (χ1n) is 7.04. The van der Waals surface area contributed by atoms with E-state index in [4.69, 9.17) is 16.0 Å². The molecule has 0 spiro atoms. The average Bonchev–Trinajstić information content (AvgIpc) is 2.63. The largest absolute Gasteiger partial charge is 0.411 e. The minimum absolute atomic E-state index is 0.213. The maximum Gasteiger partial charge on any atom is 0.192 e. The number of unbranched alkanes of at least 4 members (excludes halogenated alkanes) is 1. The highest BCUT2D eigenvalue weighted by atomic mass is 35.5. The number of rotatable bonds is 6. The molecule has 3 nitrogen and oxygen atoms in total. The van der Waals surface area contributed by atoms with E-state index in [-0.39, 0.29) is 5.04 Å². The smallest absolute Gasteiger partial charge is 0.192 e. The molecule has 19 heavy (non-hydrogen) atoms. The molecule has 1 heterocycles. The number of hydrogen-bond acceptors (Lipinski definition) is 2. The molecule has 1 aromatic rings. The van der Waals surface area contributed by atoms with E-state index in [9.17, 15) is 0 Å². The Balaban J connectivity index is 2.65. The van der Waals surface area contributed by atoms with E-state index in [1.807, 2.05) is 0 Å². The van der Waals surface area contributed by atoms with E-state index in [1.165, 1.54) is 0 Å². The fourth-order valence-electron chi connectivity index (χ4n) is 1.47. The van der Waals surface area contributed by atoms with Crippen LogP contribution in [-0.4, -0.2) is 18.3 Å². The van der Waals surface area contributed by atoms with Crippen molar-refractivity contribution in [2.24, 2.45) is 0 Å². The molecule has 0 atom stereocenters. The summed E-state index contributed by atoms with van der Waals surface area (Å²) >= 11 is 6.16. The molecule has 0 unspecified atom stereocenters. The second kappa shape index (κ2) is 6.42. The van der Waals surface area contributed by atoms with Crippen molar-refractivity contribution in [1.82, 2.24) is 9.97 Å². The molecule has 0 radical (unpaired) electrons. The number of hydrogen-bond donors (Lipinski definition) is 1. The van der Waals surface area contributed by atoms with Crippen molar-refractivity contribution in [3.63, 3.8) is 0 Å². The number of nitrogens with one attached hydrogen (secondary N) is 1. The van der Waals surface area contributed by atoms with Gasteiger partial charge < -0.3 is 9.41 Å². The molecular weight excluding hydrogens is 276 g/mol. The first kappa shape index (κ1) is 16.7. The van der Waals surface area contributed by atoms with Crippen molar-refractivity contribution in [1.29, 1.82) is 0 Å². The molecule has 0 saturated heterocycles. The Morgan fingerprint density at radius 3 is 2.47 bits per heavy atom. The Kier molecular flexibility index (Phi) is 5.65. The van der Waals surface area contributed by atoms with Gasteiger partial charge in [-0.3, -0.25) is 0 Å². The van der Waals surface area contributed by atoms with Crippen molar-refractivity contribution in [2.45, 2.75) is 71.7 Å². The molecule has 0 amide bonds. The third-order valence-corrected chi connectivity index (χ3v) is 8.72. The molecule has 0 aromatic carbocycles. The molecular formula is C14H27ClN2OSi. The number of aromatic nitrogens is 2. The zero-order chi connectivity index (χ0) is 14.7. The van der Waals surface area contributed by atoms with Gasteiger partial charge in [0, 0.05) is 6.42 Å². The lowest BCUT2D eigenvalue weighted by Crippen LogP contribution is -2.40. The lowest BCUT2D eigenvalue weighted by atomic mass is 10.2. The third-order valence-electron chi connectivity index (χ3n) is 3.93. The summed E-state index contributed by atoms with van der Waals surface area (Å²) in [6, 6.07) is 0. The monoisotopic (exact) mass is 302 g/mol. The Hall–Kier alpha value is -0.323. The highest BCUT2D eigenvalue weighted by Gasteiger charge is 2.37. The number of imidazole rings is 1. The summed E-state index contributed by atoms with van der Waals surface area (Å²) in [5, 5.41) is 0.773. The summed E-state index contributed by atoms with van der Waals surface area (Å²) in [7, 11) is -1.73. The summed E-state index contributed by atoms with van der Waals surface area (Å²) in [5.74, 6) is 0.973. The maximum absolute atomic E-state index is 6.16. The van der Waals surface area contributed by atoms with Crippen LogP contribution in [0.5, 0.6) is 0 Å². The van der Waals surface area contributed by atoms with Gasteiger partial charge in [0.1, 0.15) is 5.82 Å². The number of halogens is 1. The molecule has 1 N–H and O–H groups in total. The number of aryl methyl sites for hydroxylation is 1. The van der Waals surface area contributed by atoms with E-state index >= 15 is 0 Å². The van der Waals surface area contributed by atoms with Gasteiger partial charge in [0.15, 0.2) is 13.5 Å². The van der Waals surface area contributed by atoms with Crippen molar-refractivity contribution in [2.75, 3.05) is 0 Å². The van der Waals surface area contributed by atoms with Crippen LogP contribution in [0, 0.1) is 0 Å². The summed E-state index contributed by atoms with van der Waals surface area (Å²) in [4.78, 5) is 7.65. The zero-order valence-electron chi connectivity index (χ0n) is 13.1. The molecule has 0 aliphatic rings. The number of aromatic amines is 1. The summed E-state index contributed by atoms with van der Waals surface area (Å²) in [5.41, 5.74) is 0.914. The summed E-state index contributed by atoms with van der Waals surface area (Å²) in [6.45, 7) is 13.9. The van der Waals surface area contributed by atoms with Crippen LogP contribution in [0.1, 0.15) is 52.1 Å². The van der Waals surface area contributed by atoms with Crippen LogP contribution < -0.4 is 0 Å². The molecule has 0 aliphatic heterocycles. The van der Waals surface area contributed by atoms with Crippen LogP contribution in [0.15, 0.2) is 0 Å². The lowest BCUT2D eigenvalue weighted by molar-refractivity contribution is 0.272. The van der Waals surface area contributed by atoms with Crippen LogP contribution in [0.2, 0.25) is 23.3 Å². The normalized spacial score (nSPS) is 13.0. The number of nitrogens with zero attached hydrogens (tertiary/aromatic N) is 1. The second-order valence-corrected chi connectivity index (χ2v) is 11.8. The second-order valence-electron chi connectivity index (χ2n) is 6.61. The van der Waals surface area contributed by atoms with Crippen LogP contribution in [0.4, 0.5) is 0 Å². The van der Waals surface area contributed by atoms with Gasteiger partial charge >= 0.3 is 0 Å². The number of H-pyrrole nitrogens is 1. The van der Waals surface area contributed by atoms with Gasteiger partial charge in [-0.05, 0) is 24.6 Å². The molecule has 1 aromatic heterocycles. The van der Waals surface area contributed by atoms with Gasteiger partial charge in [-0.1, -0.05) is 45.7 Å². The SMILES string of the molecule is CCCCc1nc(Cl)c(CO[Si](C)(C)C(C)(C)C)[nH]1. The van der Waals surface area contributed by atoms with Gasteiger partial charge in [-0.2, -0.15) is 0 Å². The van der Waals surface area contributed by atoms with Gasteiger partial charge in [0.25, 0.3) is 0 Å². The fraction of sp³-hybridized carbons (Fsp3) is 0.786. The molecule has 110 valence electrons. The highest BCUT2D eigenvalue weighted by molar-refractivity contribution is 6.74. The van der Waals surface area contributed by atoms with Crippen LogP contribution in [0.3, 0.4) is 0 Å². The van der Waals surface area contributed by atoms with E-state index in [1.54, 1.807) is 0 Å². The Morgan fingerprint density at radius 2 is 1.95 bits per heavy atom.